The summed E-state index contributed by atoms with van der Waals surface area (Å²) in [5.41, 5.74) is 2.05. The number of methoxy groups -OCH3 is 1. The average Bonchev–Trinajstić information content (AvgIpc) is 2.96. The van der Waals surface area contributed by atoms with Crippen LogP contribution >= 0.6 is 11.6 Å². The second kappa shape index (κ2) is 14.4. The Hall–Kier alpha value is -3.56. The quantitative estimate of drug-likeness (QED) is 0.277. The van der Waals surface area contributed by atoms with Crippen molar-refractivity contribution < 1.29 is 22.7 Å². The molecular formula is C31H38ClN3O5S. The van der Waals surface area contributed by atoms with E-state index in [-0.39, 0.29) is 29.1 Å². The van der Waals surface area contributed by atoms with Gasteiger partial charge in [0.15, 0.2) is 0 Å². The molecule has 0 aromatic heterocycles. The van der Waals surface area contributed by atoms with Gasteiger partial charge in [0.25, 0.3) is 10.0 Å². The van der Waals surface area contributed by atoms with E-state index in [2.05, 4.69) is 5.32 Å². The van der Waals surface area contributed by atoms with Crippen molar-refractivity contribution in [2.24, 2.45) is 0 Å². The van der Waals surface area contributed by atoms with E-state index in [0.717, 1.165) is 21.9 Å². The van der Waals surface area contributed by atoms with Crippen LogP contribution in [0.25, 0.3) is 0 Å². The number of ether oxygens (including phenoxy) is 1. The molecule has 0 aliphatic carbocycles. The SMILES string of the molecule is CC[C@@H](C)NC(=O)[C@H](CC)N(Cc1ccccc1C)C(=O)CN(c1cccc(Cl)c1)S(=O)(=O)c1ccc(OC)cc1. The molecule has 0 unspecified atom stereocenters. The Morgan fingerprint density at radius 3 is 2.24 bits per heavy atom. The van der Waals surface area contributed by atoms with Gasteiger partial charge in [-0.15, -0.1) is 0 Å². The predicted molar refractivity (Wildman–Crippen MR) is 163 cm³/mol. The van der Waals surface area contributed by atoms with Crippen LogP contribution in [0.2, 0.25) is 5.02 Å². The summed E-state index contributed by atoms with van der Waals surface area (Å²) < 4.78 is 34.1. The maximum atomic E-state index is 14.2. The number of sulfonamides is 1. The van der Waals surface area contributed by atoms with E-state index in [1.165, 1.54) is 30.2 Å². The summed E-state index contributed by atoms with van der Waals surface area (Å²) in [5, 5.41) is 3.30. The summed E-state index contributed by atoms with van der Waals surface area (Å²) in [6, 6.07) is 19.0. The van der Waals surface area contributed by atoms with Gasteiger partial charge in [-0.05, 0) is 80.3 Å². The zero-order chi connectivity index (χ0) is 30.2. The fourth-order valence-electron chi connectivity index (χ4n) is 4.37. The zero-order valence-corrected chi connectivity index (χ0v) is 25.7. The highest BCUT2D eigenvalue weighted by Gasteiger charge is 2.34. The lowest BCUT2D eigenvalue weighted by molar-refractivity contribution is -0.140. The van der Waals surface area contributed by atoms with Crippen molar-refractivity contribution in [3.05, 3.63) is 88.9 Å². The van der Waals surface area contributed by atoms with Crippen LogP contribution in [-0.4, -0.2) is 50.9 Å². The highest BCUT2D eigenvalue weighted by atomic mass is 35.5. The molecule has 0 heterocycles. The molecule has 41 heavy (non-hydrogen) atoms. The molecule has 2 amide bonds. The van der Waals surface area contributed by atoms with Crippen molar-refractivity contribution >= 4 is 39.1 Å². The molecule has 0 aliphatic heterocycles. The summed E-state index contributed by atoms with van der Waals surface area (Å²) in [5.74, 6) is -0.301. The Balaban J connectivity index is 2.07. The molecule has 0 bridgehead atoms. The molecule has 8 nitrogen and oxygen atoms in total. The molecule has 1 N–H and O–H groups in total. The molecule has 0 radical (unpaired) electrons. The standard InChI is InChI=1S/C31H38ClN3O5S/c1-6-23(4)33-31(37)29(7-2)34(20-24-12-9-8-11-22(24)3)30(36)21-35(26-14-10-13-25(32)19-26)41(38,39)28-17-15-27(40-5)16-18-28/h8-19,23,29H,6-7,20-21H2,1-5H3,(H,33,37)/t23-,29+/m1/s1. The summed E-state index contributed by atoms with van der Waals surface area (Å²) in [6.45, 7) is 7.25. The van der Waals surface area contributed by atoms with Crippen LogP contribution in [0.5, 0.6) is 5.75 Å². The first kappa shape index (κ1) is 32.0. The van der Waals surface area contributed by atoms with E-state index in [0.29, 0.717) is 17.2 Å². The van der Waals surface area contributed by atoms with Gasteiger partial charge < -0.3 is 15.0 Å². The molecule has 3 aromatic rings. The lowest BCUT2D eigenvalue weighted by atomic mass is 10.1. The third kappa shape index (κ3) is 8.01. The Morgan fingerprint density at radius 1 is 0.976 bits per heavy atom. The third-order valence-corrected chi connectivity index (χ3v) is 9.03. The lowest BCUT2D eigenvalue weighted by Gasteiger charge is -2.34. The maximum absolute atomic E-state index is 14.2. The topological polar surface area (TPSA) is 96.0 Å². The van der Waals surface area contributed by atoms with Crippen LogP contribution in [0.1, 0.15) is 44.7 Å². The van der Waals surface area contributed by atoms with Crippen molar-refractivity contribution in [3.63, 3.8) is 0 Å². The van der Waals surface area contributed by atoms with Gasteiger partial charge in [0.05, 0.1) is 17.7 Å². The second-order valence-corrected chi connectivity index (χ2v) is 12.2. The molecule has 3 rings (SSSR count). The van der Waals surface area contributed by atoms with Gasteiger partial charge in [-0.25, -0.2) is 8.42 Å². The van der Waals surface area contributed by atoms with E-state index in [9.17, 15) is 18.0 Å². The molecule has 0 spiro atoms. The number of carbonyl (C=O) groups is 2. The Bertz CT molecular complexity index is 1450. The number of hydrogen-bond acceptors (Lipinski definition) is 5. The van der Waals surface area contributed by atoms with Gasteiger partial charge in [-0.3, -0.25) is 13.9 Å². The van der Waals surface area contributed by atoms with Gasteiger partial charge in [-0.2, -0.15) is 0 Å². The first-order valence-corrected chi connectivity index (χ1v) is 15.4. The third-order valence-electron chi connectivity index (χ3n) is 7.01. The minimum Gasteiger partial charge on any atom is -0.497 e. The Kier molecular flexibility index (Phi) is 11.2. The van der Waals surface area contributed by atoms with Crippen molar-refractivity contribution in [3.8, 4) is 5.75 Å². The van der Waals surface area contributed by atoms with Crippen LogP contribution in [0, 0.1) is 6.92 Å². The number of aryl methyl sites for hydroxylation is 1. The number of hydrogen-bond donors (Lipinski definition) is 1. The molecule has 2 atom stereocenters. The first-order valence-electron chi connectivity index (χ1n) is 13.6. The number of nitrogens with zero attached hydrogens (tertiary/aromatic N) is 2. The minimum absolute atomic E-state index is 0.0157. The number of anilines is 1. The second-order valence-electron chi connectivity index (χ2n) is 9.86. The zero-order valence-electron chi connectivity index (χ0n) is 24.1. The molecule has 3 aromatic carbocycles. The van der Waals surface area contributed by atoms with Gasteiger partial charge in [0.1, 0.15) is 18.3 Å². The number of rotatable bonds is 13. The van der Waals surface area contributed by atoms with Crippen molar-refractivity contribution in [1.82, 2.24) is 10.2 Å². The maximum Gasteiger partial charge on any atom is 0.264 e. The number of carbonyl (C=O) groups excluding carboxylic acids is 2. The molecule has 0 saturated heterocycles. The Morgan fingerprint density at radius 2 is 1.66 bits per heavy atom. The summed E-state index contributed by atoms with van der Waals surface area (Å²) >= 11 is 6.24. The van der Waals surface area contributed by atoms with Crippen molar-refractivity contribution in [2.75, 3.05) is 18.0 Å². The summed E-state index contributed by atoms with van der Waals surface area (Å²) in [7, 11) is -2.72. The molecule has 10 heteroatoms. The molecule has 220 valence electrons. The Labute approximate surface area is 248 Å². The van der Waals surface area contributed by atoms with E-state index < -0.39 is 28.5 Å². The fraction of sp³-hybridized carbons (Fsp3) is 0.355. The number of benzene rings is 3. The van der Waals surface area contributed by atoms with Crippen LogP contribution in [0.3, 0.4) is 0 Å². The largest absolute Gasteiger partial charge is 0.497 e. The van der Waals surface area contributed by atoms with E-state index in [1.807, 2.05) is 52.0 Å². The lowest BCUT2D eigenvalue weighted by Crippen LogP contribution is -2.53. The van der Waals surface area contributed by atoms with E-state index >= 15 is 0 Å². The molecule has 0 aliphatic rings. The number of amides is 2. The monoisotopic (exact) mass is 599 g/mol. The predicted octanol–water partition coefficient (Wildman–Crippen LogP) is 5.57. The van der Waals surface area contributed by atoms with Crippen LogP contribution < -0.4 is 14.4 Å². The van der Waals surface area contributed by atoms with Gasteiger partial charge in [0.2, 0.25) is 11.8 Å². The van der Waals surface area contributed by atoms with Crippen LogP contribution in [0.15, 0.2) is 77.7 Å². The highest BCUT2D eigenvalue weighted by Crippen LogP contribution is 2.28. The van der Waals surface area contributed by atoms with Crippen LogP contribution in [-0.2, 0) is 26.2 Å². The fourth-order valence-corrected chi connectivity index (χ4v) is 5.96. The summed E-state index contributed by atoms with van der Waals surface area (Å²) in [4.78, 5) is 29.0. The number of halogens is 1. The normalized spacial score (nSPS) is 12.7. The van der Waals surface area contributed by atoms with Gasteiger partial charge in [-0.1, -0.05) is 55.8 Å². The molecule has 0 saturated carbocycles. The smallest absolute Gasteiger partial charge is 0.264 e. The first-order chi connectivity index (χ1) is 19.5. The minimum atomic E-state index is -4.21. The number of nitrogens with one attached hydrogen (secondary N) is 1. The van der Waals surface area contributed by atoms with Crippen molar-refractivity contribution in [2.45, 2.75) is 64.1 Å². The average molecular weight is 600 g/mol. The van der Waals surface area contributed by atoms with Crippen molar-refractivity contribution in [1.29, 1.82) is 0 Å². The van der Waals surface area contributed by atoms with Gasteiger partial charge >= 0.3 is 0 Å². The highest BCUT2D eigenvalue weighted by molar-refractivity contribution is 7.92. The summed E-state index contributed by atoms with van der Waals surface area (Å²) in [6.07, 6.45) is 1.08. The van der Waals surface area contributed by atoms with E-state index in [1.54, 1.807) is 30.3 Å². The van der Waals surface area contributed by atoms with Gasteiger partial charge in [0, 0.05) is 17.6 Å². The molecular weight excluding hydrogens is 562 g/mol. The van der Waals surface area contributed by atoms with Crippen LogP contribution in [0.4, 0.5) is 5.69 Å². The molecule has 0 fully saturated rings. The van der Waals surface area contributed by atoms with E-state index in [4.69, 9.17) is 16.3 Å².